The van der Waals surface area contributed by atoms with Crippen LogP contribution in [-0.4, -0.2) is 47.7 Å². The van der Waals surface area contributed by atoms with Gasteiger partial charge in [-0.15, -0.1) is 11.3 Å². The number of morpholine rings is 1. The molecule has 1 amide bonds. The van der Waals surface area contributed by atoms with Crippen molar-refractivity contribution in [3.63, 3.8) is 0 Å². The van der Waals surface area contributed by atoms with E-state index >= 15 is 0 Å². The predicted octanol–water partition coefficient (Wildman–Crippen LogP) is 1.55. The lowest BCUT2D eigenvalue weighted by molar-refractivity contribution is -0.147. The number of carboxylic acids is 1. The van der Waals surface area contributed by atoms with Crippen molar-refractivity contribution in [2.24, 2.45) is 0 Å². The highest BCUT2D eigenvalue weighted by Gasteiger charge is 2.34. The molecule has 20 heavy (non-hydrogen) atoms. The van der Waals surface area contributed by atoms with Crippen LogP contribution in [0.3, 0.4) is 0 Å². The molecule has 1 aliphatic heterocycles. The molecule has 0 spiro atoms. The number of hydrogen-bond acceptors (Lipinski definition) is 4. The molecule has 1 aromatic heterocycles. The number of rotatable bonds is 2. The van der Waals surface area contributed by atoms with E-state index in [4.69, 9.17) is 4.74 Å². The van der Waals surface area contributed by atoms with Crippen molar-refractivity contribution in [2.75, 3.05) is 19.8 Å². The van der Waals surface area contributed by atoms with Gasteiger partial charge in [-0.3, -0.25) is 4.79 Å². The zero-order chi connectivity index (χ0) is 14.1. The van der Waals surface area contributed by atoms with Gasteiger partial charge >= 0.3 is 5.97 Å². The summed E-state index contributed by atoms with van der Waals surface area (Å²) in [6.45, 7) is 0.825. The van der Waals surface area contributed by atoms with Crippen molar-refractivity contribution in [3.05, 3.63) is 21.4 Å². The minimum atomic E-state index is -1.00. The van der Waals surface area contributed by atoms with Crippen molar-refractivity contribution < 1.29 is 19.4 Å². The highest BCUT2D eigenvalue weighted by Crippen LogP contribution is 2.30. The van der Waals surface area contributed by atoms with E-state index < -0.39 is 12.0 Å². The first kappa shape index (κ1) is 13.6. The van der Waals surface area contributed by atoms with E-state index in [1.54, 1.807) is 0 Å². The Balaban J connectivity index is 1.83. The molecule has 5 nitrogen and oxygen atoms in total. The molecule has 1 aliphatic carbocycles. The number of carboxylic acid groups (broad SMARTS) is 1. The molecule has 1 fully saturated rings. The van der Waals surface area contributed by atoms with E-state index in [1.807, 2.05) is 6.07 Å². The van der Waals surface area contributed by atoms with E-state index in [9.17, 15) is 14.7 Å². The molecule has 2 heterocycles. The number of carbonyl (C=O) groups is 2. The Bertz CT molecular complexity index is 516. The van der Waals surface area contributed by atoms with Gasteiger partial charge in [-0.1, -0.05) is 0 Å². The molecule has 6 heteroatoms. The van der Waals surface area contributed by atoms with Crippen LogP contribution in [0.2, 0.25) is 0 Å². The molecule has 0 radical (unpaired) electrons. The Kier molecular flexibility index (Phi) is 3.76. The lowest BCUT2D eigenvalue weighted by Gasteiger charge is -2.32. The first-order valence-corrected chi connectivity index (χ1v) is 7.71. The standard InChI is InChI=1S/C14H17NO4S/c16-13(15-5-6-19-8-10(15)14(17)18)12-7-9-3-1-2-4-11(9)20-12/h7,10H,1-6,8H2,(H,17,18)/t10-/m0/s1. The maximum Gasteiger partial charge on any atom is 0.328 e. The Hall–Kier alpha value is -1.40. The maximum absolute atomic E-state index is 12.5. The molecule has 0 unspecified atom stereocenters. The Morgan fingerprint density at radius 1 is 1.35 bits per heavy atom. The molecular formula is C14H17NO4S. The predicted molar refractivity (Wildman–Crippen MR) is 74.2 cm³/mol. The summed E-state index contributed by atoms with van der Waals surface area (Å²) in [7, 11) is 0. The summed E-state index contributed by atoms with van der Waals surface area (Å²) >= 11 is 1.53. The molecular weight excluding hydrogens is 278 g/mol. The monoisotopic (exact) mass is 295 g/mol. The van der Waals surface area contributed by atoms with Gasteiger partial charge in [-0.2, -0.15) is 0 Å². The quantitative estimate of drug-likeness (QED) is 0.899. The fraction of sp³-hybridized carbons (Fsp3) is 0.571. The van der Waals surface area contributed by atoms with E-state index in [0.717, 1.165) is 12.8 Å². The van der Waals surface area contributed by atoms with Gasteiger partial charge in [0.1, 0.15) is 0 Å². The summed E-state index contributed by atoms with van der Waals surface area (Å²) in [5.41, 5.74) is 1.27. The SMILES string of the molecule is O=C(O)[C@@H]1COCCN1C(=O)c1cc2c(s1)CCCC2. The lowest BCUT2D eigenvalue weighted by Crippen LogP contribution is -2.52. The second-order valence-corrected chi connectivity index (χ2v) is 6.33. The molecule has 1 aromatic rings. The number of aliphatic carboxylic acids is 1. The Labute approximate surface area is 121 Å². The number of amides is 1. The van der Waals surface area contributed by atoms with Crippen molar-refractivity contribution in [1.82, 2.24) is 4.90 Å². The zero-order valence-corrected chi connectivity index (χ0v) is 11.9. The van der Waals surface area contributed by atoms with Crippen molar-refractivity contribution >= 4 is 23.2 Å². The molecule has 1 saturated heterocycles. The Morgan fingerprint density at radius 3 is 2.90 bits per heavy atom. The van der Waals surface area contributed by atoms with E-state index in [1.165, 1.54) is 39.5 Å². The van der Waals surface area contributed by atoms with Gasteiger partial charge in [0.15, 0.2) is 6.04 Å². The fourth-order valence-corrected chi connectivity index (χ4v) is 4.00. The average molecular weight is 295 g/mol. The van der Waals surface area contributed by atoms with Crippen LogP contribution >= 0.6 is 11.3 Å². The molecule has 0 saturated carbocycles. The van der Waals surface area contributed by atoms with Crippen LogP contribution in [0.25, 0.3) is 0 Å². The number of ether oxygens (including phenoxy) is 1. The zero-order valence-electron chi connectivity index (χ0n) is 11.1. The van der Waals surface area contributed by atoms with E-state index in [0.29, 0.717) is 18.0 Å². The highest BCUT2D eigenvalue weighted by molar-refractivity contribution is 7.14. The minimum Gasteiger partial charge on any atom is -0.480 e. The van der Waals surface area contributed by atoms with Crippen LogP contribution in [0.15, 0.2) is 6.07 Å². The van der Waals surface area contributed by atoms with Crippen LogP contribution < -0.4 is 0 Å². The van der Waals surface area contributed by atoms with Gasteiger partial charge in [0.25, 0.3) is 5.91 Å². The number of hydrogen-bond donors (Lipinski definition) is 1. The summed E-state index contributed by atoms with van der Waals surface area (Å²) in [6.07, 6.45) is 4.42. The van der Waals surface area contributed by atoms with Gasteiger partial charge in [-0.05, 0) is 37.3 Å². The average Bonchev–Trinajstić information content (AvgIpc) is 2.90. The third-order valence-electron chi connectivity index (χ3n) is 3.88. The number of thiophene rings is 1. The molecule has 108 valence electrons. The van der Waals surface area contributed by atoms with Crippen LogP contribution in [-0.2, 0) is 22.4 Å². The fourth-order valence-electron chi connectivity index (χ4n) is 2.79. The summed E-state index contributed by atoms with van der Waals surface area (Å²) in [4.78, 5) is 27.2. The minimum absolute atomic E-state index is 0.0756. The van der Waals surface area contributed by atoms with Gasteiger partial charge in [-0.25, -0.2) is 4.79 Å². The van der Waals surface area contributed by atoms with E-state index in [-0.39, 0.29) is 12.5 Å². The first-order chi connectivity index (χ1) is 9.66. The second kappa shape index (κ2) is 5.54. The summed E-state index contributed by atoms with van der Waals surface area (Å²) in [5, 5.41) is 9.20. The first-order valence-electron chi connectivity index (χ1n) is 6.90. The molecule has 3 rings (SSSR count). The summed E-state index contributed by atoms with van der Waals surface area (Å²) < 4.78 is 5.17. The number of fused-ring (bicyclic) bond motifs is 1. The molecule has 1 N–H and O–H groups in total. The van der Waals surface area contributed by atoms with Gasteiger partial charge in [0, 0.05) is 11.4 Å². The van der Waals surface area contributed by atoms with Gasteiger partial charge in [0.05, 0.1) is 18.1 Å². The second-order valence-electron chi connectivity index (χ2n) is 5.19. The van der Waals surface area contributed by atoms with Gasteiger partial charge < -0.3 is 14.7 Å². The molecule has 0 bridgehead atoms. The third-order valence-corrected chi connectivity index (χ3v) is 5.11. The summed E-state index contributed by atoms with van der Waals surface area (Å²) in [6, 6.07) is 1.09. The number of carbonyl (C=O) groups excluding carboxylic acids is 1. The topological polar surface area (TPSA) is 66.8 Å². The van der Waals surface area contributed by atoms with Crippen molar-refractivity contribution in [1.29, 1.82) is 0 Å². The maximum atomic E-state index is 12.5. The molecule has 0 aromatic carbocycles. The normalized spacial score (nSPS) is 22.4. The smallest absolute Gasteiger partial charge is 0.328 e. The largest absolute Gasteiger partial charge is 0.480 e. The lowest BCUT2D eigenvalue weighted by atomic mass is 9.99. The highest BCUT2D eigenvalue weighted by atomic mass is 32.1. The van der Waals surface area contributed by atoms with Crippen molar-refractivity contribution in [2.45, 2.75) is 31.7 Å². The van der Waals surface area contributed by atoms with Gasteiger partial charge in [0.2, 0.25) is 0 Å². The van der Waals surface area contributed by atoms with Crippen LogP contribution in [0, 0.1) is 0 Å². The third kappa shape index (κ3) is 2.45. The Morgan fingerprint density at radius 2 is 2.15 bits per heavy atom. The van der Waals surface area contributed by atoms with Crippen molar-refractivity contribution in [3.8, 4) is 0 Å². The van der Waals surface area contributed by atoms with Crippen LogP contribution in [0.4, 0.5) is 0 Å². The van der Waals surface area contributed by atoms with Crippen LogP contribution in [0.1, 0.15) is 33.0 Å². The van der Waals surface area contributed by atoms with E-state index in [2.05, 4.69) is 0 Å². The molecule has 1 atom stereocenters. The molecule has 2 aliphatic rings. The number of aryl methyl sites for hydroxylation is 2. The number of nitrogens with zero attached hydrogens (tertiary/aromatic N) is 1. The summed E-state index contributed by atoms with van der Waals surface area (Å²) in [5.74, 6) is -1.17. The van der Waals surface area contributed by atoms with Crippen LogP contribution in [0.5, 0.6) is 0 Å².